The van der Waals surface area contributed by atoms with Crippen molar-refractivity contribution in [3.05, 3.63) is 72.9 Å². The molecular weight excluding hydrogens is 707 g/mol. The number of carbonyl (C=O) groups is 2. The van der Waals surface area contributed by atoms with Crippen molar-refractivity contribution in [2.24, 2.45) is 0 Å². The summed E-state index contributed by atoms with van der Waals surface area (Å²) in [4.78, 5) is 26.0. The maximum absolute atomic E-state index is 13.1. The average molecular weight is 796 g/mol. The fourth-order valence-corrected chi connectivity index (χ4v) is 6.68. The van der Waals surface area contributed by atoms with Crippen molar-refractivity contribution in [2.45, 2.75) is 232 Å². The number of unbranched alkanes of at least 4 members (excludes halogenated alkanes) is 17. The third-order valence-corrected chi connectivity index (χ3v) is 10.3. The van der Waals surface area contributed by atoms with Gasteiger partial charge in [-0.25, -0.2) is 0 Å². The minimum atomic E-state index is -0.797. The zero-order chi connectivity index (χ0) is 41.7. The summed E-state index contributed by atoms with van der Waals surface area (Å²) < 4.78 is 5.88. The van der Waals surface area contributed by atoms with Gasteiger partial charge in [-0.05, 0) is 96.3 Å². The number of aliphatic hydroxyl groups excluding tert-OH is 2. The van der Waals surface area contributed by atoms with Crippen LogP contribution in [0.2, 0.25) is 0 Å². The topological polar surface area (TPSA) is 95.9 Å². The Kier molecular flexibility index (Phi) is 42.3. The van der Waals surface area contributed by atoms with Crippen LogP contribution in [0.15, 0.2) is 72.9 Å². The van der Waals surface area contributed by atoms with Gasteiger partial charge in [0.25, 0.3) is 0 Å². The Balaban J connectivity index is 4.60. The lowest BCUT2D eigenvalue weighted by Crippen LogP contribution is -2.46. The van der Waals surface area contributed by atoms with Crippen LogP contribution in [0, 0.1) is 0 Å². The summed E-state index contributed by atoms with van der Waals surface area (Å²) in [7, 11) is 0. The van der Waals surface area contributed by atoms with Gasteiger partial charge in [0.15, 0.2) is 0 Å². The molecule has 6 nitrogen and oxygen atoms in total. The lowest BCUT2D eigenvalue weighted by Gasteiger charge is -2.24. The molecule has 0 aromatic carbocycles. The van der Waals surface area contributed by atoms with Gasteiger partial charge in [0.2, 0.25) is 5.91 Å². The summed E-state index contributed by atoms with van der Waals surface area (Å²) in [5.41, 5.74) is 0. The van der Waals surface area contributed by atoms with E-state index in [9.17, 15) is 19.8 Å². The standard InChI is InChI=1S/C51H89NO5/c1-4-7-10-13-16-19-21-22-23-24-25-26-27-28-29-32-35-38-41-44-51(56)57-47(42-39-36-33-31-20-17-14-11-8-5-2)45-50(55)52-48(46-53)49(54)43-40-37-34-30-18-15-12-9-6-3/h7,10,16-17,19-20,22-23,25-26,28-29,47-49,53-54H,4-6,8-9,11-15,18,21,24,27,30-46H2,1-3H3,(H,52,55)/b10-7-,19-16-,20-17-,23-22-,26-25-,29-28-. The summed E-state index contributed by atoms with van der Waals surface area (Å²) in [6.45, 7) is 6.29. The first-order chi connectivity index (χ1) is 28.0. The fourth-order valence-electron chi connectivity index (χ4n) is 6.68. The monoisotopic (exact) mass is 796 g/mol. The molecule has 0 spiro atoms. The number of rotatable bonds is 41. The van der Waals surface area contributed by atoms with Gasteiger partial charge in [-0.3, -0.25) is 9.59 Å². The molecule has 0 aliphatic heterocycles. The molecule has 0 aliphatic carbocycles. The van der Waals surface area contributed by atoms with Gasteiger partial charge < -0.3 is 20.3 Å². The summed E-state index contributed by atoms with van der Waals surface area (Å²) in [5.74, 6) is -0.535. The minimum Gasteiger partial charge on any atom is -0.462 e. The van der Waals surface area contributed by atoms with Gasteiger partial charge in [0, 0.05) is 6.42 Å². The molecule has 1 amide bonds. The first kappa shape index (κ1) is 54.3. The second kappa shape index (κ2) is 44.4. The van der Waals surface area contributed by atoms with E-state index in [1.807, 2.05) is 0 Å². The van der Waals surface area contributed by atoms with E-state index >= 15 is 0 Å². The summed E-state index contributed by atoms with van der Waals surface area (Å²) >= 11 is 0. The Bertz CT molecular complexity index is 1070. The summed E-state index contributed by atoms with van der Waals surface area (Å²) in [6, 6.07) is -0.713. The predicted octanol–water partition coefficient (Wildman–Crippen LogP) is 13.8. The Labute approximate surface area is 351 Å². The highest BCUT2D eigenvalue weighted by molar-refractivity contribution is 5.77. The van der Waals surface area contributed by atoms with Crippen molar-refractivity contribution in [3.63, 3.8) is 0 Å². The zero-order valence-electron chi connectivity index (χ0n) is 37.2. The third kappa shape index (κ3) is 39.9. The largest absolute Gasteiger partial charge is 0.462 e. The number of allylic oxidation sites excluding steroid dienone is 12. The molecule has 0 aromatic heterocycles. The number of hydrogen-bond acceptors (Lipinski definition) is 5. The van der Waals surface area contributed by atoms with Gasteiger partial charge in [0.05, 0.1) is 25.2 Å². The third-order valence-electron chi connectivity index (χ3n) is 10.3. The SMILES string of the molecule is CC/C=C\C/C=C\C/C=C\C/C=C\C/C=C\CCCCCC(=O)OC(CCCCC/C=C\CCCCC)CC(=O)NC(CO)C(O)CCCCCCCCCCC. The van der Waals surface area contributed by atoms with Crippen molar-refractivity contribution in [3.8, 4) is 0 Å². The molecule has 0 aliphatic rings. The molecule has 3 N–H and O–H groups in total. The number of amides is 1. The maximum Gasteiger partial charge on any atom is 0.306 e. The summed E-state index contributed by atoms with van der Waals surface area (Å²) in [6.07, 6.45) is 55.4. The molecule has 0 bridgehead atoms. The Hall–Kier alpha value is -2.70. The minimum absolute atomic E-state index is 0.0500. The van der Waals surface area contributed by atoms with Crippen molar-refractivity contribution in [2.75, 3.05) is 6.61 Å². The van der Waals surface area contributed by atoms with Crippen LogP contribution in [0.5, 0.6) is 0 Å². The number of carbonyl (C=O) groups excluding carboxylic acids is 2. The van der Waals surface area contributed by atoms with Crippen molar-refractivity contribution in [1.29, 1.82) is 0 Å². The van der Waals surface area contributed by atoms with Crippen LogP contribution >= 0.6 is 0 Å². The van der Waals surface area contributed by atoms with Crippen molar-refractivity contribution < 1.29 is 24.5 Å². The van der Waals surface area contributed by atoms with E-state index < -0.39 is 18.2 Å². The lowest BCUT2D eigenvalue weighted by molar-refractivity contribution is -0.151. The van der Waals surface area contributed by atoms with Gasteiger partial charge in [-0.15, -0.1) is 0 Å². The van der Waals surface area contributed by atoms with Crippen LogP contribution in [-0.2, 0) is 14.3 Å². The van der Waals surface area contributed by atoms with E-state index in [1.165, 1.54) is 57.8 Å². The van der Waals surface area contributed by atoms with Crippen molar-refractivity contribution >= 4 is 11.9 Å². The summed E-state index contributed by atoms with van der Waals surface area (Å²) in [5, 5.41) is 23.6. The number of aliphatic hydroxyl groups is 2. The van der Waals surface area contributed by atoms with E-state index in [4.69, 9.17) is 4.74 Å². The van der Waals surface area contributed by atoms with E-state index in [2.05, 4.69) is 99.0 Å². The van der Waals surface area contributed by atoms with Gasteiger partial charge in [0.1, 0.15) is 6.10 Å². The Morgan fingerprint density at radius 3 is 1.49 bits per heavy atom. The van der Waals surface area contributed by atoms with Crippen LogP contribution < -0.4 is 5.32 Å². The van der Waals surface area contributed by atoms with Crippen LogP contribution in [0.4, 0.5) is 0 Å². The molecule has 3 atom stereocenters. The molecular formula is C51H89NO5. The quantitative estimate of drug-likeness (QED) is 0.0325. The highest BCUT2D eigenvalue weighted by Crippen LogP contribution is 2.16. The maximum atomic E-state index is 13.1. The van der Waals surface area contributed by atoms with Gasteiger partial charge in [-0.1, -0.05) is 177 Å². The van der Waals surface area contributed by atoms with Crippen LogP contribution in [0.3, 0.4) is 0 Å². The highest BCUT2D eigenvalue weighted by Gasteiger charge is 2.24. The molecule has 0 heterocycles. The van der Waals surface area contributed by atoms with Crippen LogP contribution in [0.25, 0.3) is 0 Å². The molecule has 328 valence electrons. The molecule has 57 heavy (non-hydrogen) atoms. The molecule has 0 rings (SSSR count). The number of esters is 1. The smallest absolute Gasteiger partial charge is 0.306 e. The molecule has 0 saturated heterocycles. The van der Waals surface area contributed by atoms with E-state index in [1.54, 1.807) is 0 Å². The first-order valence-corrected chi connectivity index (χ1v) is 23.7. The van der Waals surface area contributed by atoms with Crippen LogP contribution in [0.1, 0.15) is 213 Å². The predicted molar refractivity (Wildman–Crippen MR) is 245 cm³/mol. The Morgan fingerprint density at radius 2 is 0.947 bits per heavy atom. The van der Waals surface area contributed by atoms with Gasteiger partial charge in [-0.2, -0.15) is 0 Å². The van der Waals surface area contributed by atoms with E-state index in [0.29, 0.717) is 19.3 Å². The molecule has 6 heteroatoms. The van der Waals surface area contributed by atoms with E-state index in [-0.39, 0.29) is 24.9 Å². The Morgan fingerprint density at radius 1 is 0.526 bits per heavy atom. The molecule has 3 unspecified atom stereocenters. The molecule has 0 aromatic rings. The zero-order valence-corrected chi connectivity index (χ0v) is 37.2. The average Bonchev–Trinajstić information content (AvgIpc) is 3.20. The first-order valence-electron chi connectivity index (χ1n) is 23.7. The number of nitrogens with one attached hydrogen (secondary N) is 1. The molecule has 0 fully saturated rings. The molecule has 0 radical (unpaired) electrons. The van der Waals surface area contributed by atoms with Gasteiger partial charge >= 0.3 is 5.97 Å². The second-order valence-electron chi connectivity index (χ2n) is 15.8. The number of hydrogen-bond donors (Lipinski definition) is 3. The normalized spacial score (nSPS) is 14.0. The number of ether oxygens (including phenoxy) is 1. The van der Waals surface area contributed by atoms with E-state index in [0.717, 1.165) is 109 Å². The second-order valence-corrected chi connectivity index (χ2v) is 15.8. The highest BCUT2D eigenvalue weighted by atomic mass is 16.5. The van der Waals surface area contributed by atoms with Crippen molar-refractivity contribution in [1.82, 2.24) is 5.32 Å². The fraction of sp³-hybridized carbons (Fsp3) is 0.725. The molecule has 0 saturated carbocycles. The lowest BCUT2D eigenvalue weighted by atomic mass is 10.0. The van der Waals surface area contributed by atoms with Crippen LogP contribution in [-0.4, -0.2) is 46.9 Å².